The summed E-state index contributed by atoms with van der Waals surface area (Å²) in [6, 6.07) is 9.40. The minimum absolute atomic E-state index is 0.127. The molecular formula is C21H25N5O. The van der Waals surface area contributed by atoms with E-state index in [4.69, 9.17) is 5.26 Å². The number of hydrogen-bond acceptors (Lipinski definition) is 4. The first-order valence-electron chi connectivity index (χ1n) is 9.70. The van der Waals surface area contributed by atoms with E-state index in [-0.39, 0.29) is 5.91 Å². The van der Waals surface area contributed by atoms with E-state index < -0.39 is 0 Å². The van der Waals surface area contributed by atoms with Gasteiger partial charge in [-0.3, -0.25) is 4.79 Å². The summed E-state index contributed by atoms with van der Waals surface area (Å²) < 4.78 is 2.20. The molecular weight excluding hydrogens is 338 g/mol. The number of imidazole rings is 1. The highest BCUT2D eigenvalue weighted by molar-refractivity contribution is 5.78. The first-order valence-corrected chi connectivity index (χ1v) is 9.70. The fraction of sp³-hybridized carbons (Fsp3) is 0.476. The highest BCUT2D eigenvalue weighted by Gasteiger charge is 2.27. The highest BCUT2D eigenvalue weighted by atomic mass is 16.2. The number of amides is 1. The molecule has 1 unspecified atom stereocenters. The van der Waals surface area contributed by atoms with Crippen LogP contribution in [0.5, 0.6) is 0 Å². The Hall–Kier alpha value is -2.65. The highest BCUT2D eigenvalue weighted by Crippen LogP contribution is 2.20. The minimum Gasteiger partial charge on any atom is -0.335 e. The summed E-state index contributed by atoms with van der Waals surface area (Å²) in [5, 5.41) is 8.93. The smallest absolute Gasteiger partial charge is 0.227 e. The van der Waals surface area contributed by atoms with Gasteiger partial charge in [0.15, 0.2) is 0 Å². The molecule has 6 heteroatoms. The molecule has 140 valence electrons. The molecule has 1 saturated heterocycles. The molecule has 1 amide bonds. The van der Waals surface area contributed by atoms with Crippen molar-refractivity contribution in [2.75, 3.05) is 26.2 Å². The normalized spacial score (nSPS) is 20.1. The van der Waals surface area contributed by atoms with Gasteiger partial charge in [-0.2, -0.15) is 5.26 Å². The molecule has 6 nitrogen and oxygen atoms in total. The summed E-state index contributed by atoms with van der Waals surface area (Å²) in [6.07, 6.45) is 6.79. The number of nitriles is 1. The van der Waals surface area contributed by atoms with Crippen molar-refractivity contribution in [1.29, 1.82) is 5.26 Å². The summed E-state index contributed by atoms with van der Waals surface area (Å²) in [7, 11) is 0. The van der Waals surface area contributed by atoms with E-state index in [1.807, 2.05) is 29.4 Å². The topological polar surface area (TPSA) is 65.2 Å². The van der Waals surface area contributed by atoms with Gasteiger partial charge in [-0.1, -0.05) is 12.1 Å². The average Bonchev–Trinajstić information content (AvgIpc) is 3.31. The summed E-state index contributed by atoms with van der Waals surface area (Å²) in [5.41, 5.74) is 1.57. The number of benzene rings is 1. The van der Waals surface area contributed by atoms with E-state index in [1.165, 1.54) is 25.9 Å². The summed E-state index contributed by atoms with van der Waals surface area (Å²) in [5.74, 6) is 1.51. The molecule has 1 aromatic carbocycles. The van der Waals surface area contributed by atoms with Gasteiger partial charge in [-0.15, -0.1) is 0 Å². The lowest BCUT2D eigenvalue weighted by atomic mass is 10.1. The second kappa shape index (κ2) is 7.93. The number of likely N-dealkylation sites (tertiary alicyclic amines) is 1. The molecule has 3 heterocycles. The molecule has 4 rings (SSSR count). The Morgan fingerprint density at radius 2 is 1.96 bits per heavy atom. The van der Waals surface area contributed by atoms with Crippen LogP contribution in [0.3, 0.4) is 0 Å². The lowest BCUT2D eigenvalue weighted by Crippen LogP contribution is -2.39. The SMILES string of the molecule is N#Cc1ccc(CC(=O)N2Cc3nccn3CC(CN3CCCC3)C2)cc1. The second-order valence-corrected chi connectivity index (χ2v) is 7.63. The second-order valence-electron chi connectivity index (χ2n) is 7.63. The van der Waals surface area contributed by atoms with Gasteiger partial charge in [0.05, 0.1) is 24.6 Å². The van der Waals surface area contributed by atoms with Crippen molar-refractivity contribution < 1.29 is 4.79 Å². The Labute approximate surface area is 160 Å². The summed E-state index contributed by atoms with van der Waals surface area (Å²) in [6.45, 7) is 5.65. The van der Waals surface area contributed by atoms with Gasteiger partial charge < -0.3 is 14.4 Å². The van der Waals surface area contributed by atoms with Gasteiger partial charge in [0, 0.05) is 37.9 Å². The first-order chi connectivity index (χ1) is 13.2. The zero-order chi connectivity index (χ0) is 18.6. The fourth-order valence-electron chi connectivity index (χ4n) is 4.16. The number of aromatic nitrogens is 2. The number of carbonyl (C=O) groups excluding carboxylic acids is 1. The predicted octanol–water partition coefficient (Wildman–Crippen LogP) is 2.05. The fourth-order valence-corrected chi connectivity index (χ4v) is 4.16. The molecule has 0 N–H and O–H groups in total. The minimum atomic E-state index is 0.127. The Morgan fingerprint density at radius 3 is 2.70 bits per heavy atom. The molecule has 2 aliphatic rings. The third-order valence-electron chi connectivity index (χ3n) is 5.57. The lowest BCUT2D eigenvalue weighted by Gasteiger charge is -2.27. The molecule has 1 fully saturated rings. The van der Waals surface area contributed by atoms with E-state index >= 15 is 0 Å². The maximum Gasteiger partial charge on any atom is 0.227 e. The van der Waals surface area contributed by atoms with Crippen LogP contribution in [-0.2, 0) is 24.3 Å². The molecule has 0 spiro atoms. The van der Waals surface area contributed by atoms with E-state index in [9.17, 15) is 4.79 Å². The van der Waals surface area contributed by atoms with Crippen LogP contribution in [0, 0.1) is 17.2 Å². The largest absolute Gasteiger partial charge is 0.335 e. The zero-order valence-electron chi connectivity index (χ0n) is 15.5. The summed E-state index contributed by atoms with van der Waals surface area (Å²) in [4.78, 5) is 22.0. The third-order valence-corrected chi connectivity index (χ3v) is 5.57. The van der Waals surface area contributed by atoms with Crippen molar-refractivity contribution in [2.24, 2.45) is 5.92 Å². The van der Waals surface area contributed by atoms with Crippen LogP contribution in [0.25, 0.3) is 0 Å². The van der Waals surface area contributed by atoms with Crippen molar-refractivity contribution in [3.8, 4) is 6.07 Å². The Morgan fingerprint density at radius 1 is 1.19 bits per heavy atom. The van der Waals surface area contributed by atoms with Gasteiger partial charge in [0.1, 0.15) is 5.82 Å². The van der Waals surface area contributed by atoms with Crippen molar-refractivity contribution in [3.05, 3.63) is 53.6 Å². The number of rotatable bonds is 4. The molecule has 27 heavy (non-hydrogen) atoms. The lowest BCUT2D eigenvalue weighted by molar-refractivity contribution is -0.131. The number of fused-ring (bicyclic) bond motifs is 1. The van der Waals surface area contributed by atoms with Gasteiger partial charge in [0.2, 0.25) is 5.91 Å². The third kappa shape index (κ3) is 4.20. The van der Waals surface area contributed by atoms with Gasteiger partial charge in [-0.05, 0) is 43.6 Å². The van der Waals surface area contributed by atoms with Crippen LogP contribution >= 0.6 is 0 Å². The Kier molecular flexibility index (Phi) is 5.21. The van der Waals surface area contributed by atoms with Crippen LogP contribution in [0.4, 0.5) is 0 Å². The molecule has 0 bridgehead atoms. The van der Waals surface area contributed by atoms with Crippen LogP contribution in [0.2, 0.25) is 0 Å². The monoisotopic (exact) mass is 363 g/mol. The van der Waals surface area contributed by atoms with Gasteiger partial charge in [0.25, 0.3) is 0 Å². The van der Waals surface area contributed by atoms with Crippen molar-refractivity contribution in [3.63, 3.8) is 0 Å². The van der Waals surface area contributed by atoms with Crippen LogP contribution in [0.15, 0.2) is 36.7 Å². The summed E-state index contributed by atoms with van der Waals surface area (Å²) >= 11 is 0. The van der Waals surface area contributed by atoms with Crippen LogP contribution < -0.4 is 0 Å². The van der Waals surface area contributed by atoms with E-state index in [0.29, 0.717) is 24.4 Å². The van der Waals surface area contributed by atoms with Crippen molar-refractivity contribution in [2.45, 2.75) is 32.4 Å². The van der Waals surface area contributed by atoms with Gasteiger partial charge >= 0.3 is 0 Å². The maximum atomic E-state index is 13.0. The number of nitrogens with zero attached hydrogens (tertiary/aromatic N) is 5. The molecule has 0 aliphatic carbocycles. The molecule has 0 saturated carbocycles. The van der Waals surface area contributed by atoms with Crippen LogP contribution in [-0.4, -0.2) is 51.4 Å². The molecule has 0 radical (unpaired) electrons. The zero-order valence-corrected chi connectivity index (χ0v) is 15.5. The Balaban J connectivity index is 1.47. The van der Waals surface area contributed by atoms with Crippen molar-refractivity contribution >= 4 is 5.91 Å². The molecule has 2 aromatic rings. The molecule has 1 atom stereocenters. The van der Waals surface area contributed by atoms with Crippen LogP contribution in [0.1, 0.15) is 29.8 Å². The van der Waals surface area contributed by atoms with E-state index in [2.05, 4.69) is 20.5 Å². The number of hydrogen-bond donors (Lipinski definition) is 0. The first kappa shape index (κ1) is 17.7. The molecule has 2 aliphatic heterocycles. The predicted molar refractivity (Wildman–Crippen MR) is 102 cm³/mol. The maximum absolute atomic E-state index is 13.0. The van der Waals surface area contributed by atoms with E-state index in [0.717, 1.165) is 31.0 Å². The van der Waals surface area contributed by atoms with Crippen molar-refractivity contribution in [1.82, 2.24) is 19.4 Å². The average molecular weight is 363 g/mol. The van der Waals surface area contributed by atoms with E-state index in [1.54, 1.807) is 12.1 Å². The Bertz CT molecular complexity index is 829. The number of carbonyl (C=O) groups is 1. The van der Waals surface area contributed by atoms with Gasteiger partial charge in [-0.25, -0.2) is 4.98 Å². The quantitative estimate of drug-likeness (QED) is 0.834. The standard InChI is InChI=1S/C21H25N5O/c22-12-18-5-3-17(4-6-18)11-21(27)26-15-19(13-24-8-1-2-9-24)14-25-10-7-23-20(25)16-26/h3-7,10,19H,1-2,8-9,11,13-16H2. The molecule has 1 aromatic heterocycles.